The predicted octanol–water partition coefficient (Wildman–Crippen LogP) is 0.851. The van der Waals surface area contributed by atoms with Crippen LogP contribution in [0.2, 0.25) is 0 Å². The van der Waals surface area contributed by atoms with E-state index in [1.165, 1.54) is 0 Å². The van der Waals surface area contributed by atoms with Gasteiger partial charge in [-0.3, -0.25) is 0 Å². The lowest BCUT2D eigenvalue weighted by Crippen LogP contribution is -2.28. The fourth-order valence-corrected chi connectivity index (χ4v) is 3.08. The highest BCUT2D eigenvalue weighted by molar-refractivity contribution is 5.71. The van der Waals surface area contributed by atoms with Crippen LogP contribution in [-0.2, 0) is 17.6 Å². The molecule has 1 saturated heterocycles. The first-order valence-corrected chi connectivity index (χ1v) is 8.18. The SMILES string of the molecule is Cc1nc(Cc2ccc(N)cc2)nc(N2CCCC2)c1CC(=O)[O-]. The summed E-state index contributed by atoms with van der Waals surface area (Å²) in [7, 11) is 0. The highest BCUT2D eigenvalue weighted by atomic mass is 16.4. The van der Waals surface area contributed by atoms with Crippen molar-refractivity contribution in [3.05, 3.63) is 46.9 Å². The number of benzene rings is 1. The largest absolute Gasteiger partial charge is 0.550 e. The Bertz CT molecular complexity index is 737. The fraction of sp³-hybridized carbons (Fsp3) is 0.389. The van der Waals surface area contributed by atoms with Crippen LogP contribution in [-0.4, -0.2) is 29.0 Å². The van der Waals surface area contributed by atoms with Crippen LogP contribution in [0.4, 0.5) is 11.5 Å². The van der Waals surface area contributed by atoms with Gasteiger partial charge in [-0.1, -0.05) is 12.1 Å². The number of anilines is 2. The van der Waals surface area contributed by atoms with Gasteiger partial charge < -0.3 is 20.5 Å². The molecule has 0 amide bonds. The van der Waals surface area contributed by atoms with Gasteiger partial charge in [0.15, 0.2) is 0 Å². The number of hydrogen-bond donors (Lipinski definition) is 1. The molecular weight excluding hydrogens is 304 g/mol. The Hall–Kier alpha value is -2.63. The van der Waals surface area contributed by atoms with Crippen LogP contribution in [0.25, 0.3) is 0 Å². The maximum atomic E-state index is 11.1. The lowest BCUT2D eigenvalue weighted by Gasteiger charge is -2.22. The highest BCUT2D eigenvalue weighted by Crippen LogP contribution is 2.25. The molecule has 1 aliphatic heterocycles. The molecule has 1 aliphatic rings. The van der Waals surface area contributed by atoms with Crippen LogP contribution < -0.4 is 15.7 Å². The van der Waals surface area contributed by atoms with Gasteiger partial charge in [0.1, 0.15) is 11.6 Å². The number of nitrogens with two attached hydrogens (primary N) is 1. The van der Waals surface area contributed by atoms with Gasteiger partial charge in [-0.05, 0) is 37.5 Å². The molecule has 0 bridgehead atoms. The zero-order chi connectivity index (χ0) is 17.1. The van der Waals surface area contributed by atoms with Crippen molar-refractivity contribution in [1.29, 1.82) is 0 Å². The van der Waals surface area contributed by atoms with Crippen LogP contribution in [0.3, 0.4) is 0 Å². The molecule has 1 aromatic heterocycles. The number of rotatable bonds is 5. The van der Waals surface area contributed by atoms with Crippen molar-refractivity contribution in [2.75, 3.05) is 23.7 Å². The molecule has 126 valence electrons. The van der Waals surface area contributed by atoms with E-state index >= 15 is 0 Å². The number of nitrogen functional groups attached to an aromatic ring is 1. The first kappa shape index (κ1) is 16.2. The number of aliphatic carboxylic acids is 1. The Kier molecular flexibility index (Phi) is 4.64. The monoisotopic (exact) mass is 325 g/mol. The smallest absolute Gasteiger partial charge is 0.136 e. The zero-order valence-electron chi connectivity index (χ0n) is 13.8. The van der Waals surface area contributed by atoms with Crippen molar-refractivity contribution in [2.45, 2.75) is 32.6 Å². The quantitative estimate of drug-likeness (QED) is 0.819. The van der Waals surface area contributed by atoms with E-state index < -0.39 is 5.97 Å². The van der Waals surface area contributed by atoms with Crippen LogP contribution in [0.5, 0.6) is 0 Å². The molecule has 1 fully saturated rings. The molecule has 6 nitrogen and oxygen atoms in total. The lowest BCUT2D eigenvalue weighted by atomic mass is 10.1. The second-order valence-corrected chi connectivity index (χ2v) is 6.19. The number of nitrogens with zero attached hydrogens (tertiary/aromatic N) is 3. The number of carboxylic acid groups (broad SMARTS) is 1. The van der Waals surface area contributed by atoms with Gasteiger partial charge in [-0.15, -0.1) is 0 Å². The number of carbonyl (C=O) groups is 1. The van der Waals surface area contributed by atoms with Crippen molar-refractivity contribution in [3.63, 3.8) is 0 Å². The van der Waals surface area contributed by atoms with Gasteiger partial charge in [0.25, 0.3) is 0 Å². The van der Waals surface area contributed by atoms with Crippen LogP contribution >= 0.6 is 0 Å². The van der Waals surface area contributed by atoms with E-state index in [-0.39, 0.29) is 6.42 Å². The molecule has 0 aliphatic carbocycles. The van der Waals surface area contributed by atoms with Crippen molar-refractivity contribution in [2.24, 2.45) is 0 Å². The number of carbonyl (C=O) groups excluding carboxylic acids is 1. The van der Waals surface area contributed by atoms with Gasteiger partial charge in [0.2, 0.25) is 0 Å². The molecule has 0 spiro atoms. The molecule has 2 N–H and O–H groups in total. The third-order valence-electron chi connectivity index (χ3n) is 4.31. The summed E-state index contributed by atoms with van der Waals surface area (Å²) in [5, 5.41) is 11.1. The van der Waals surface area contributed by atoms with E-state index in [1.54, 1.807) is 0 Å². The average molecular weight is 325 g/mol. The zero-order valence-corrected chi connectivity index (χ0v) is 13.8. The van der Waals surface area contributed by atoms with Crippen molar-refractivity contribution >= 4 is 17.5 Å². The number of carboxylic acids is 1. The summed E-state index contributed by atoms with van der Waals surface area (Å²) in [6.45, 7) is 3.64. The Morgan fingerprint density at radius 1 is 1.21 bits per heavy atom. The Labute approximate surface area is 141 Å². The summed E-state index contributed by atoms with van der Waals surface area (Å²) < 4.78 is 0. The van der Waals surface area contributed by atoms with Gasteiger partial charge in [0, 0.05) is 48.8 Å². The molecule has 2 heterocycles. The average Bonchev–Trinajstić information content (AvgIpc) is 3.06. The maximum absolute atomic E-state index is 11.1. The van der Waals surface area contributed by atoms with Crippen LogP contribution in [0, 0.1) is 6.92 Å². The second-order valence-electron chi connectivity index (χ2n) is 6.19. The highest BCUT2D eigenvalue weighted by Gasteiger charge is 2.20. The van der Waals surface area contributed by atoms with E-state index in [0.29, 0.717) is 23.5 Å². The number of aromatic nitrogens is 2. The summed E-state index contributed by atoms with van der Waals surface area (Å²) in [5.74, 6) is 0.337. The third-order valence-corrected chi connectivity index (χ3v) is 4.31. The fourth-order valence-electron chi connectivity index (χ4n) is 3.08. The lowest BCUT2D eigenvalue weighted by molar-refractivity contribution is -0.304. The van der Waals surface area contributed by atoms with Crippen LogP contribution in [0.1, 0.15) is 35.5 Å². The first-order chi connectivity index (χ1) is 11.5. The Morgan fingerprint density at radius 2 is 1.88 bits per heavy atom. The predicted molar refractivity (Wildman–Crippen MR) is 90.6 cm³/mol. The summed E-state index contributed by atoms with van der Waals surface area (Å²) in [4.78, 5) is 22.4. The Balaban J connectivity index is 1.95. The molecule has 0 unspecified atom stereocenters. The number of hydrogen-bond acceptors (Lipinski definition) is 6. The van der Waals surface area contributed by atoms with Crippen molar-refractivity contribution in [3.8, 4) is 0 Å². The maximum Gasteiger partial charge on any atom is 0.136 e. The summed E-state index contributed by atoms with van der Waals surface area (Å²) >= 11 is 0. The number of aryl methyl sites for hydroxylation is 1. The molecule has 0 saturated carbocycles. The minimum absolute atomic E-state index is 0.153. The van der Waals surface area contributed by atoms with Gasteiger partial charge in [-0.2, -0.15) is 0 Å². The molecule has 24 heavy (non-hydrogen) atoms. The molecular formula is C18H21N4O2-. The van der Waals surface area contributed by atoms with E-state index in [2.05, 4.69) is 14.9 Å². The summed E-state index contributed by atoms with van der Waals surface area (Å²) in [5.41, 5.74) is 8.89. The van der Waals surface area contributed by atoms with Crippen molar-refractivity contribution < 1.29 is 9.90 Å². The van der Waals surface area contributed by atoms with Crippen LogP contribution in [0.15, 0.2) is 24.3 Å². The molecule has 3 rings (SSSR count). The standard InChI is InChI=1S/C18H22N4O2/c1-12-15(11-17(23)24)18(22-8-2-3-9-22)21-16(20-12)10-13-4-6-14(19)7-5-13/h4-7H,2-3,8-11,19H2,1H3,(H,23,24)/p-1. The van der Waals surface area contributed by atoms with E-state index in [1.807, 2.05) is 31.2 Å². The molecule has 1 aromatic carbocycles. The van der Waals surface area contributed by atoms with E-state index in [4.69, 9.17) is 5.73 Å². The first-order valence-electron chi connectivity index (χ1n) is 8.18. The molecule has 6 heteroatoms. The minimum Gasteiger partial charge on any atom is -0.550 e. The second kappa shape index (κ2) is 6.86. The normalized spacial score (nSPS) is 14.1. The minimum atomic E-state index is -1.10. The summed E-state index contributed by atoms with van der Waals surface area (Å²) in [6.07, 6.45) is 2.63. The van der Waals surface area contributed by atoms with E-state index in [0.717, 1.165) is 43.0 Å². The molecule has 0 atom stereocenters. The van der Waals surface area contributed by atoms with Gasteiger partial charge in [0.05, 0.1) is 0 Å². The van der Waals surface area contributed by atoms with Gasteiger partial charge in [-0.25, -0.2) is 9.97 Å². The van der Waals surface area contributed by atoms with Crippen molar-refractivity contribution in [1.82, 2.24) is 9.97 Å². The van der Waals surface area contributed by atoms with Gasteiger partial charge >= 0.3 is 0 Å². The molecule has 0 radical (unpaired) electrons. The molecule has 2 aromatic rings. The Morgan fingerprint density at radius 3 is 2.50 bits per heavy atom. The topological polar surface area (TPSA) is 95.2 Å². The summed E-state index contributed by atoms with van der Waals surface area (Å²) in [6, 6.07) is 7.62. The van der Waals surface area contributed by atoms with E-state index in [9.17, 15) is 9.90 Å². The third kappa shape index (κ3) is 3.64.